The van der Waals surface area contributed by atoms with Crippen LogP contribution in [0, 0.1) is 5.82 Å². The number of ether oxygens (including phenoxy) is 1. The molecule has 0 unspecified atom stereocenters. The van der Waals surface area contributed by atoms with Gasteiger partial charge in [-0.15, -0.1) is 0 Å². The van der Waals surface area contributed by atoms with Crippen LogP contribution in [-0.2, 0) is 14.3 Å². The summed E-state index contributed by atoms with van der Waals surface area (Å²) in [5.74, 6) is -1.33. The molecule has 2 aliphatic heterocycles. The SMILES string of the molecule is NC(=O)[C@H]1CN(c2ccc(N3CCNC(=O)CC3)c(F)c2)C(=O)O1. The summed E-state index contributed by atoms with van der Waals surface area (Å²) < 4.78 is 19.3. The lowest BCUT2D eigenvalue weighted by atomic mass is 10.2. The predicted octanol–water partition coefficient (Wildman–Crippen LogP) is -0.0375. The molecular weight excluding hydrogens is 319 g/mol. The van der Waals surface area contributed by atoms with Crippen LogP contribution in [-0.4, -0.2) is 50.2 Å². The molecule has 9 heteroatoms. The van der Waals surface area contributed by atoms with Gasteiger partial charge in [0.25, 0.3) is 5.91 Å². The predicted molar refractivity (Wildman–Crippen MR) is 83.0 cm³/mol. The molecule has 3 N–H and O–H groups in total. The maximum absolute atomic E-state index is 14.5. The van der Waals surface area contributed by atoms with Crippen molar-refractivity contribution >= 4 is 29.3 Å². The number of amides is 3. The molecule has 0 radical (unpaired) electrons. The molecule has 2 heterocycles. The molecule has 8 nitrogen and oxygen atoms in total. The molecule has 0 aliphatic carbocycles. The highest BCUT2D eigenvalue weighted by molar-refractivity contribution is 5.95. The van der Waals surface area contributed by atoms with E-state index in [0.717, 1.165) is 4.90 Å². The van der Waals surface area contributed by atoms with Crippen molar-refractivity contribution in [2.24, 2.45) is 5.73 Å². The molecule has 24 heavy (non-hydrogen) atoms. The lowest BCUT2D eigenvalue weighted by Crippen LogP contribution is -2.32. The van der Waals surface area contributed by atoms with Crippen LogP contribution in [0.4, 0.5) is 20.6 Å². The number of rotatable bonds is 3. The molecule has 0 saturated carbocycles. The minimum absolute atomic E-state index is 0.0465. The fourth-order valence-electron chi connectivity index (χ4n) is 2.75. The number of carbonyl (C=O) groups excluding carboxylic acids is 3. The molecule has 0 spiro atoms. The first-order valence-corrected chi connectivity index (χ1v) is 7.54. The van der Waals surface area contributed by atoms with Crippen LogP contribution >= 0.6 is 0 Å². The number of benzene rings is 1. The van der Waals surface area contributed by atoms with Gasteiger partial charge in [-0.05, 0) is 18.2 Å². The van der Waals surface area contributed by atoms with Crippen LogP contribution in [0.1, 0.15) is 6.42 Å². The summed E-state index contributed by atoms with van der Waals surface area (Å²) in [6, 6.07) is 4.33. The van der Waals surface area contributed by atoms with Crippen molar-refractivity contribution in [1.29, 1.82) is 0 Å². The van der Waals surface area contributed by atoms with Crippen molar-refractivity contribution in [2.45, 2.75) is 12.5 Å². The largest absolute Gasteiger partial charge is 0.434 e. The second-order valence-corrected chi connectivity index (χ2v) is 5.61. The number of hydrogen-bond acceptors (Lipinski definition) is 5. The van der Waals surface area contributed by atoms with E-state index in [1.54, 1.807) is 17.0 Å². The summed E-state index contributed by atoms with van der Waals surface area (Å²) >= 11 is 0. The number of hydrogen-bond donors (Lipinski definition) is 2. The topological polar surface area (TPSA) is 105 Å². The van der Waals surface area contributed by atoms with Crippen molar-refractivity contribution in [3.63, 3.8) is 0 Å². The zero-order valence-electron chi connectivity index (χ0n) is 12.8. The van der Waals surface area contributed by atoms with Crippen LogP contribution in [0.3, 0.4) is 0 Å². The standard InChI is InChI=1S/C15H17FN4O4/c16-10-7-9(20-8-12(14(17)22)24-15(20)23)1-2-11(10)19-5-3-13(21)18-4-6-19/h1-2,7,12H,3-6,8H2,(H2,17,22)(H,18,21)/t12-/m1/s1. The van der Waals surface area contributed by atoms with Crippen LogP contribution < -0.4 is 20.9 Å². The summed E-state index contributed by atoms with van der Waals surface area (Å²) in [7, 11) is 0. The number of nitrogens with zero attached hydrogens (tertiary/aromatic N) is 2. The highest BCUT2D eigenvalue weighted by atomic mass is 19.1. The average Bonchev–Trinajstić information content (AvgIpc) is 2.80. The summed E-state index contributed by atoms with van der Waals surface area (Å²) in [5, 5.41) is 2.72. The van der Waals surface area contributed by atoms with E-state index >= 15 is 0 Å². The summed E-state index contributed by atoms with van der Waals surface area (Å²) in [6.07, 6.45) is -1.49. The third-order valence-corrected chi connectivity index (χ3v) is 4.03. The van der Waals surface area contributed by atoms with E-state index in [2.05, 4.69) is 5.32 Å². The molecule has 1 aromatic rings. The van der Waals surface area contributed by atoms with Crippen LogP contribution in [0.15, 0.2) is 18.2 Å². The lowest BCUT2D eigenvalue weighted by Gasteiger charge is -2.23. The second-order valence-electron chi connectivity index (χ2n) is 5.61. The van der Waals surface area contributed by atoms with Crippen molar-refractivity contribution < 1.29 is 23.5 Å². The van der Waals surface area contributed by atoms with E-state index in [0.29, 0.717) is 31.7 Å². The number of halogens is 1. The molecule has 0 bridgehead atoms. The van der Waals surface area contributed by atoms with Gasteiger partial charge in [-0.3, -0.25) is 14.5 Å². The number of anilines is 2. The first kappa shape index (κ1) is 16.0. The van der Waals surface area contributed by atoms with Gasteiger partial charge in [0.1, 0.15) is 5.82 Å². The van der Waals surface area contributed by atoms with Gasteiger partial charge >= 0.3 is 6.09 Å². The van der Waals surface area contributed by atoms with Crippen molar-refractivity contribution in [3.8, 4) is 0 Å². The Morgan fingerprint density at radius 3 is 2.79 bits per heavy atom. The fraction of sp³-hybridized carbons (Fsp3) is 0.400. The summed E-state index contributed by atoms with van der Waals surface area (Å²) in [4.78, 5) is 37.2. The van der Waals surface area contributed by atoms with Gasteiger partial charge in [0, 0.05) is 26.1 Å². The van der Waals surface area contributed by atoms with Gasteiger partial charge in [-0.2, -0.15) is 0 Å². The molecule has 2 aliphatic rings. The minimum Gasteiger partial charge on any atom is -0.434 e. The Morgan fingerprint density at radius 2 is 2.12 bits per heavy atom. The second kappa shape index (κ2) is 6.34. The molecule has 128 valence electrons. The molecular formula is C15H17FN4O4. The summed E-state index contributed by atoms with van der Waals surface area (Å²) in [5.41, 5.74) is 5.76. The Balaban J connectivity index is 1.79. The highest BCUT2D eigenvalue weighted by Gasteiger charge is 2.36. The van der Waals surface area contributed by atoms with E-state index in [1.807, 2.05) is 0 Å². The Bertz CT molecular complexity index is 696. The maximum atomic E-state index is 14.5. The molecule has 1 atom stereocenters. The number of nitrogens with two attached hydrogens (primary N) is 1. The maximum Gasteiger partial charge on any atom is 0.415 e. The Morgan fingerprint density at radius 1 is 1.33 bits per heavy atom. The normalized spacial score (nSPS) is 21.3. The van der Waals surface area contributed by atoms with Crippen molar-refractivity contribution in [3.05, 3.63) is 24.0 Å². The quantitative estimate of drug-likeness (QED) is 0.806. The lowest BCUT2D eigenvalue weighted by molar-refractivity contribution is -0.124. The van der Waals surface area contributed by atoms with Crippen LogP contribution in [0.5, 0.6) is 0 Å². The Hall–Kier alpha value is -2.84. The Labute approximate surface area is 137 Å². The van der Waals surface area contributed by atoms with Gasteiger partial charge in [-0.1, -0.05) is 0 Å². The van der Waals surface area contributed by atoms with Crippen LogP contribution in [0.2, 0.25) is 0 Å². The molecule has 3 amide bonds. The van der Waals surface area contributed by atoms with E-state index < -0.39 is 23.9 Å². The van der Waals surface area contributed by atoms with Gasteiger partial charge in [0.2, 0.25) is 5.91 Å². The number of nitrogens with one attached hydrogen (secondary N) is 1. The zero-order chi connectivity index (χ0) is 17.3. The third-order valence-electron chi connectivity index (χ3n) is 4.03. The van der Waals surface area contributed by atoms with E-state index in [4.69, 9.17) is 10.5 Å². The average molecular weight is 336 g/mol. The first-order valence-electron chi connectivity index (χ1n) is 7.54. The van der Waals surface area contributed by atoms with Crippen molar-refractivity contribution in [2.75, 3.05) is 36.0 Å². The van der Waals surface area contributed by atoms with Crippen LogP contribution in [0.25, 0.3) is 0 Å². The van der Waals surface area contributed by atoms with Gasteiger partial charge < -0.3 is 20.7 Å². The molecule has 0 aromatic heterocycles. The fourth-order valence-corrected chi connectivity index (χ4v) is 2.75. The van der Waals surface area contributed by atoms with Gasteiger partial charge in [0.05, 0.1) is 17.9 Å². The Kier molecular flexibility index (Phi) is 4.24. The number of primary amides is 1. The highest BCUT2D eigenvalue weighted by Crippen LogP contribution is 2.28. The summed E-state index contributed by atoms with van der Waals surface area (Å²) in [6.45, 7) is 1.31. The number of cyclic esters (lactones) is 1. The first-order chi connectivity index (χ1) is 11.5. The zero-order valence-corrected chi connectivity index (χ0v) is 12.8. The molecule has 3 rings (SSSR count). The van der Waals surface area contributed by atoms with Gasteiger partial charge in [0.15, 0.2) is 6.10 Å². The molecule has 2 fully saturated rings. The monoisotopic (exact) mass is 336 g/mol. The molecule has 2 saturated heterocycles. The number of carbonyl (C=O) groups is 3. The molecule has 1 aromatic carbocycles. The third kappa shape index (κ3) is 3.10. The van der Waals surface area contributed by atoms with E-state index in [9.17, 15) is 18.8 Å². The van der Waals surface area contributed by atoms with E-state index in [1.165, 1.54) is 6.07 Å². The minimum atomic E-state index is -1.04. The van der Waals surface area contributed by atoms with Crippen molar-refractivity contribution in [1.82, 2.24) is 5.32 Å². The smallest absolute Gasteiger partial charge is 0.415 e. The van der Waals surface area contributed by atoms with Gasteiger partial charge in [-0.25, -0.2) is 9.18 Å². The van der Waals surface area contributed by atoms with E-state index in [-0.39, 0.29) is 18.1 Å².